The van der Waals surface area contributed by atoms with Crippen molar-refractivity contribution in [1.29, 1.82) is 0 Å². The molecule has 5 heterocycles. The first kappa shape index (κ1) is 20.7. The molecule has 1 saturated heterocycles. The molecule has 1 unspecified atom stereocenters. The van der Waals surface area contributed by atoms with E-state index in [1.54, 1.807) is 16.9 Å². The fourth-order valence-electron chi connectivity index (χ4n) is 5.12. The molecule has 172 valence electrons. The fraction of sp³-hybridized carbons (Fsp3) is 0.308. The molecule has 0 spiro atoms. The van der Waals surface area contributed by atoms with E-state index in [-0.39, 0.29) is 11.5 Å². The molecular formula is C26H27N7O. The zero-order valence-corrected chi connectivity index (χ0v) is 19.4. The van der Waals surface area contributed by atoms with Crippen molar-refractivity contribution < 1.29 is 0 Å². The highest BCUT2D eigenvalue weighted by molar-refractivity contribution is 5.86. The number of nitrogens with zero attached hydrogens (tertiary/aromatic N) is 6. The lowest BCUT2D eigenvalue weighted by atomic mass is 9.98. The number of aryl methyl sites for hydroxylation is 1. The third-order valence-electron chi connectivity index (χ3n) is 6.88. The molecule has 0 radical (unpaired) electrons. The number of aromatic amines is 1. The number of hydrogen-bond acceptors (Lipinski definition) is 5. The molecule has 0 amide bonds. The van der Waals surface area contributed by atoms with Gasteiger partial charge in [0.1, 0.15) is 5.69 Å². The van der Waals surface area contributed by atoms with E-state index in [1.165, 1.54) is 6.42 Å². The molecule has 1 fully saturated rings. The molecule has 1 aromatic carbocycles. The second-order valence-corrected chi connectivity index (χ2v) is 9.05. The summed E-state index contributed by atoms with van der Waals surface area (Å²) in [4.78, 5) is 30.1. The van der Waals surface area contributed by atoms with E-state index in [0.29, 0.717) is 11.2 Å². The predicted octanol–water partition coefficient (Wildman–Crippen LogP) is 4.18. The van der Waals surface area contributed by atoms with Gasteiger partial charge in [-0.05, 0) is 26.2 Å². The molecule has 1 aliphatic rings. The van der Waals surface area contributed by atoms with Gasteiger partial charge in [-0.3, -0.25) is 14.9 Å². The zero-order valence-electron chi connectivity index (χ0n) is 19.4. The number of imidazole rings is 1. The van der Waals surface area contributed by atoms with E-state index < -0.39 is 0 Å². The number of fused-ring (bicyclic) bond motifs is 2. The minimum atomic E-state index is -0.210. The lowest BCUT2D eigenvalue weighted by Gasteiger charge is -2.28. The van der Waals surface area contributed by atoms with Crippen LogP contribution in [0.1, 0.15) is 49.1 Å². The van der Waals surface area contributed by atoms with Gasteiger partial charge in [0.25, 0.3) is 5.56 Å². The lowest BCUT2D eigenvalue weighted by Crippen LogP contribution is -2.30. The Bertz CT molecular complexity index is 1510. The van der Waals surface area contributed by atoms with Crippen molar-refractivity contribution in [2.24, 2.45) is 0 Å². The first-order chi connectivity index (χ1) is 16.6. The average molecular weight is 454 g/mol. The number of benzene rings is 1. The van der Waals surface area contributed by atoms with Gasteiger partial charge in [0, 0.05) is 54.4 Å². The van der Waals surface area contributed by atoms with Gasteiger partial charge in [-0.2, -0.15) is 4.52 Å². The summed E-state index contributed by atoms with van der Waals surface area (Å²) in [5.74, 6) is -0.210. The monoisotopic (exact) mass is 453 g/mol. The molecule has 4 aromatic heterocycles. The van der Waals surface area contributed by atoms with E-state index >= 15 is 0 Å². The molecule has 1 N–H and O–H groups in total. The van der Waals surface area contributed by atoms with Crippen LogP contribution >= 0.6 is 0 Å². The average Bonchev–Trinajstić information content (AvgIpc) is 3.47. The maximum atomic E-state index is 13.9. The summed E-state index contributed by atoms with van der Waals surface area (Å²) in [6.07, 6.45) is 10.8. The van der Waals surface area contributed by atoms with Gasteiger partial charge in [0.15, 0.2) is 11.3 Å². The summed E-state index contributed by atoms with van der Waals surface area (Å²) in [7, 11) is 0. The van der Waals surface area contributed by atoms with Crippen molar-refractivity contribution in [3.8, 4) is 11.3 Å². The van der Waals surface area contributed by atoms with Crippen LogP contribution in [0.15, 0.2) is 59.9 Å². The Kier molecular flexibility index (Phi) is 4.94. The molecule has 1 atom stereocenters. The predicted molar refractivity (Wildman–Crippen MR) is 133 cm³/mol. The van der Waals surface area contributed by atoms with Crippen LogP contribution in [0.25, 0.3) is 22.6 Å². The maximum absolute atomic E-state index is 13.9. The Morgan fingerprint density at radius 2 is 1.85 bits per heavy atom. The van der Waals surface area contributed by atoms with Gasteiger partial charge >= 0.3 is 0 Å². The second kappa shape index (κ2) is 8.13. The van der Waals surface area contributed by atoms with E-state index in [1.807, 2.05) is 48.8 Å². The zero-order chi connectivity index (χ0) is 23.2. The largest absolute Gasteiger partial charge is 0.367 e. The van der Waals surface area contributed by atoms with Crippen molar-refractivity contribution in [3.05, 3.63) is 82.4 Å². The van der Waals surface area contributed by atoms with Gasteiger partial charge in [-0.1, -0.05) is 37.3 Å². The van der Waals surface area contributed by atoms with Crippen LogP contribution in [0.4, 0.5) is 5.69 Å². The number of hydrogen-bond donors (Lipinski definition) is 1. The highest BCUT2D eigenvalue weighted by Gasteiger charge is 2.27. The van der Waals surface area contributed by atoms with Crippen LogP contribution in [0, 0.1) is 6.92 Å². The Hall–Kier alpha value is -3.94. The minimum absolute atomic E-state index is 0.0781. The molecule has 34 heavy (non-hydrogen) atoms. The maximum Gasteiger partial charge on any atom is 0.276 e. The Balaban J connectivity index is 1.55. The molecule has 1 aliphatic heterocycles. The summed E-state index contributed by atoms with van der Waals surface area (Å²) in [6.45, 7) is 5.88. The Labute approximate surface area is 196 Å². The molecule has 6 rings (SSSR count). The van der Waals surface area contributed by atoms with Gasteiger partial charge in [-0.15, -0.1) is 0 Å². The molecular weight excluding hydrogens is 426 g/mol. The number of H-pyrrole nitrogens is 1. The highest BCUT2D eigenvalue weighted by Crippen LogP contribution is 2.35. The van der Waals surface area contributed by atoms with E-state index in [2.05, 4.69) is 27.1 Å². The smallest absolute Gasteiger partial charge is 0.276 e. The molecule has 0 aliphatic carbocycles. The lowest BCUT2D eigenvalue weighted by molar-refractivity contribution is 0.579. The number of aromatic nitrogens is 6. The van der Waals surface area contributed by atoms with Crippen molar-refractivity contribution >= 4 is 17.0 Å². The summed E-state index contributed by atoms with van der Waals surface area (Å²) in [6, 6.07) is 10.2. The normalized spacial score (nSPS) is 15.3. The first-order valence-electron chi connectivity index (χ1n) is 11.9. The quantitative estimate of drug-likeness (QED) is 0.441. The molecule has 8 nitrogen and oxygen atoms in total. The van der Waals surface area contributed by atoms with Crippen LogP contribution < -0.4 is 10.5 Å². The summed E-state index contributed by atoms with van der Waals surface area (Å²) in [5.41, 5.74) is 6.59. The molecule has 0 saturated carbocycles. The van der Waals surface area contributed by atoms with Crippen molar-refractivity contribution in [1.82, 2.24) is 29.0 Å². The van der Waals surface area contributed by atoms with Crippen LogP contribution in [0.5, 0.6) is 0 Å². The topological polar surface area (TPSA) is 83.6 Å². The van der Waals surface area contributed by atoms with Crippen molar-refractivity contribution in [2.45, 2.75) is 39.0 Å². The van der Waals surface area contributed by atoms with Gasteiger partial charge in [0.05, 0.1) is 17.6 Å². The van der Waals surface area contributed by atoms with Crippen molar-refractivity contribution in [2.75, 3.05) is 18.0 Å². The van der Waals surface area contributed by atoms with Gasteiger partial charge in [-0.25, -0.2) is 9.97 Å². The van der Waals surface area contributed by atoms with Crippen LogP contribution in [0.2, 0.25) is 0 Å². The third-order valence-corrected chi connectivity index (χ3v) is 6.88. The molecule has 0 bridgehead atoms. The number of anilines is 1. The summed E-state index contributed by atoms with van der Waals surface area (Å²) < 4.78 is 3.55. The van der Waals surface area contributed by atoms with Gasteiger partial charge < -0.3 is 9.30 Å². The first-order valence-corrected chi connectivity index (χ1v) is 11.9. The van der Waals surface area contributed by atoms with E-state index in [0.717, 1.165) is 59.9 Å². The molecule has 5 aromatic rings. The van der Waals surface area contributed by atoms with Crippen LogP contribution in [0.3, 0.4) is 0 Å². The van der Waals surface area contributed by atoms with Crippen molar-refractivity contribution in [3.63, 3.8) is 0 Å². The van der Waals surface area contributed by atoms with E-state index in [9.17, 15) is 4.79 Å². The van der Waals surface area contributed by atoms with Crippen LogP contribution in [-0.4, -0.2) is 42.1 Å². The van der Waals surface area contributed by atoms with E-state index in [4.69, 9.17) is 9.97 Å². The Morgan fingerprint density at radius 1 is 1.06 bits per heavy atom. The fourth-order valence-corrected chi connectivity index (χ4v) is 5.12. The molecule has 8 heteroatoms. The number of nitrogens with one attached hydrogen (secondary N) is 1. The summed E-state index contributed by atoms with van der Waals surface area (Å²) >= 11 is 0. The SMILES string of the molecule is Cc1nc2c(N3CCCCC3)c(-c3ccccc3)[nH]n2c(=O)c1C(C)c1cn2ccncc2n1. The highest BCUT2D eigenvalue weighted by atomic mass is 16.1. The second-order valence-electron chi connectivity index (χ2n) is 9.05. The number of piperidine rings is 1. The number of rotatable bonds is 4. The Morgan fingerprint density at radius 3 is 2.62 bits per heavy atom. The van der Waals surface area contributed by atoms with Gasteiger partial charge in [0.2, 0.25) is 0 Å². The van der Waals surface area contributed by atoms with Crippen LogP contribution in [-0.2, 0) is 0 Å². The summed E-state index contributed by atoms with van der Waals surface area (Å²) in [5, 5.41) is 3.41. The third kappa shape index (κ3) is 3.29. The minimum Gasteiger partial charge on any atom is -0.367 e. The standard InChI is InChI=1S/C26H27N7O/c1-17(20-16-32-14-11-27-15-21(32)29-20)22-18(2)28-25-24(31-12-7-4-8-13-31)23(30-33(25)26(22)34)19-9-5-3-6-10-19/h3,5-6,9-11,14-17,30H,4,7-8,12-13H2,1-2H3.